The summed E-state index contributed by atoms with van der Waals surface area (Å²) in [6.45, 7) is 7.28. The molecule has 0 saturated carbocycles. The van der Waals surface area contributed by atoms with Crippen LogP contribution in [0.15, 0.2) is 24.3 Å². The number of rotatable bonds is 3. The standard InChI is InChI=1S/C18H26N2O2/c1-12(19-17(22)18(2,3)4)16(21)20(5)15-11-10-13-8-6-7-9-14(13)15/h6-9,12,15H,10-11H2,1-5H3,(H,19,22). The molecule has 2 rings (SSSR count). The predicted molar refractivity (Wildman–Crippen MR) is 87.3 cm³/mol. The molecule has 2 amide bonds. The van der Waals surface area contributed by atoms with Crippen LogP contribution in [0.4, 0.5) is 0 Å². The lowest BCUT2D eigenvalue weighted by atomic mass is 9.95. The van der Waals surface area contributed by atoms with Crippen LogP contribution in [0.3, 0.4) is 0 Å². The summed E-state index contributed by atoms with van der Waals surface area (Å²) in [6.07, 6.45) is 1.95. The van der Waals surface area contributed by atoms with E-state index < -0.39 is 11.5 Å². The quantitative estimate of drug-likeness (QED) is 0.933. The lowest BCUT2D eigenvalue weighted by molar-refractivity contribution is -0.138. The molecule has 0 saturated heterocycles. The number of carbonyl (C=O) groups is 2. The fraction of sp³-hybridized carbons (Fsp3) is 0.556. The monoisotopic (exact) mass is 302 g/mol. The fourth-order valence-electron chi connectivity index (χ4n) is 2.87. The van der Waals surface area contributed by atoms with Crippen LogP contribution < -0.4 is 5.32 Å². The second-order valence-electron chi connectivity index (χ2n) is 7.15. The van der Waals surface area contributed by atoms with E-state index in [2.05, 4.69) is 17.4 Å². The van der Waals surface area contributed by atoms with Crippen molar-refractivity contribution in [3.8, 4) is 0 Å². The smallest absolute Gasteiger partial charge is 0.245 e. The number of benzene rings is 1. The molecule has 0 heterocycles. The number of nitrogens with one attached hydrogen (secondary N) is 1. The maximum atomic E-state index is 12.6. The number of nitrogens with zero attached hydrogens (tertiary/aromatic N) is 1. The van der Waals surface area contributed by atoms with Crippen LogP contribution in [0, 0.1) is 5.41 Å². The minimum atomic E-state index is -0.510. The van der Waals surface area contributed by atoms with E-state index in [9.17, 15) is 9.59 Å². The second kappa shape index (κ2) is 6.11. The summed E-state index contributed by atoms with van der Waals surface area (Å²) in [6, 6.07) is 7.87. The van der Waals surface area contributed by atoms with Gasteiger partial charge in [-0.25, -0.2) is 0 Å². The Bertz CT molecular complexity index is 575. The first kappa shape index (κ1) is 16.5. The Kier molecular flexibility index (Phi) is 4.59. The van der Waals surface area contributed by atoms with Gasteiger partial charge in [0, 0.05) is 12.5 Å². The van der Waals surface area contributed by atoms with Crippen molar-refractivity contribution in [3.05, 3.63) is 35.4 Å². The molecule has 0 fully saturated rings. The molecule has 1 aromatic rings. The third-order valence-corrected chi connectivity index (χ3v) is 4.32. The van der Waals surface area contributed by atoms with Crippen molar-refractivity contribution in [2.75, 3.05) is 7.05 Å². The molecule has 1 aromatic carbocycles. The Hall–Kier alpha value is -1.84. The van der Waals surface area contributed by atoms with E-state index in [4.69, 9.17) is 0 Å². The van der Waals surface area contributed by atoms with Gasteiger partial charge < -0.3 is 10.2 Å². The van der Waals surface area contributed by atoms with Crippen LogP contribution in [0.5, 0.6) is 0 Å². The third kappa shape index (κ3) is 3.32. The lowest BCUT2D eigenvalue weighted by Crippen LogP contribution is -2.49. The van der Waals surface area contributed by atoms with Gasteiger partial charge in [0.05, 0.1) is 6.04 Å². The van der Waals surface area contributed by atoms with Crippen LogP contribution in [0.2, 0.25) is 0 Å². The molecular formula is C18H26N2O2. The normalized spacial score (nSPS) is 18.5. The number of fused-ring (bicyclic) bond motifs is 1. The molecule has 0 aliphatic heterocycles. The van der Waals surface area contributed by atoms with Gasteiger partial charge in [0.15, 0.2) is 0 Å². The van der Waals surface area contributed by atoms with Gasteiger partial charge in [-0.15, -0.1) is 0 Å². The van der Waals surface area contributed by atoms with E-state index in [1.54, 1.807) is 11.8 Å². The Morgan fingerprint density at radius 2 is 1.91 bits per heavy atom. The van der Waals surface area contributed by atoms with E-state index in [0.29, 0.717) is 0 Å². The van der Waals surface area contributed by atoms with Crippen LogP contribution in [0.25, 0.3) is 0 Å². The maximum absolute atomic E-state index is 12.6. The summed E-state index contributed by atoms with van der Waals surface area (Å²) >= 11 is 0. The summed E-state index contributed by atoms with van der Waals surface area (Å²) in [7, 11) is 1.83. The number of hydrogen-bond acceptors (Lipinski definition) is 2. The molecule has 120 valence electrons. The highest BCUT2D eigenvalue weighted by Gasteiger charge is 2.32. The molecule has 0 aromatic heterocycles. The molecule has 0 spiro atoms. The summed E-state index contributed by atoms with van der Waals surface area (Å²) in [5.41, 5.74) is 2.05. The highest BCUT2D eigenvalue weighted by molar-refractivity contribution is 5.89. The highest BCUT2D eigenvalue weighted by atomic mass is 16.2. The van der Waals surface area contributed by atoms with Crippen molar-refractivity contribution < 1.29 is 9.59 Å². The number of aryl methyl sites for hydroxylation is 1. The Morgan fingerprint density at radius 3 is 2.55 bits per heavy atom. The number of carbonyl (C=O) groups excluding carboxylic acids is 2. The van der Waals surface area contributed by atoms with Crippen LogP contribution in [-0.4, -0.2) is 29.8 Å². The molecule has 1 aliphatic carbocycles. The number of hydrogen-bond donors (Lipinski definition) is 1. The molecule has 4 heteroatoms. The molecule has 4 nitrogen and oxygen atoms in total. The van der Waals surface area contributed by atoms with Crippen molar-refractivity contribution in [1.82, 2.24) is 10.2 Å². The van der Waals surface area contributed by atoms with Crippen molar-refractivity contribution >= 4 is 11.8 Å². The predicted octanol–water partition coefficient (Wildman–Crippen LogP) is 2.68. The second-order valence-corrected chi connectivity index (χ2v) is 7.15. The first-order chi connectivity index (χ1) is 10.2. The minimum Gasteiger partial charge on any atom is -0.344 e. The van der Waals surface area contributed by atoms with E-state index in [0.717, 1.165) is 12.8 Å². The first-order valence-corrected chi connectivity index (χ1v) is 7.87. The van der Waals surface area contributed by atoms with Crippen LogP contribution in [0.1, 0.15) is 51.3 Å². The summed E-state index contributed by atoms with van der Waals surface area (Å²) in [5.74, 6) is -0.145. The van der Waals surface area contributed by atoms with Gasteiger partial charge in [-0.3, -0.25) is 9.59 Å². The van der Waals surface area contributed by atoms with Crippen LogP contribution in [-0.2, 0) is 16.0 Å². The topological polar surface area (TPSA) is 49.4 Å². The van der Waals surface area contributed by atoms with Crippen molar-refractivity contribution in [3.63, 3.8) is 0 Å². The molecule has 2 atom stereocenters. The Labute approximate surface area is 132 Å². The van der Waals surface area contributed by atoms with E-state index in [-0.39, 0.29) is 17.9 Å². The van der Waals surface area contributed by atoms with Gasteiger partial charge in [-0.05, 0) is 30.9 Å². The van der Waals surface area contributed by atoms with Crippen molar-refractivity contribution in [1.29, 1.82) is 0 Å². The minimum absolute atomic E-state index is 0.0423. The average molecular weight is 302 g/mol. The van der Waals surface area contributed by atoms with E-state index in [1.807, 2.05) is 40.0 Å². The van der Waals surface area contributed by atoms with Gasteiger partial charge in [-0.2, -0.15) is 0 Å². The zero-order valence-electron chi connectivity index (χ0n) is 14.1. The Morgan fingerprint density at radius 1 is 1.27 bits per heavy atom. The van der Waals surface area contributed by atoms with Crippen molar-refractivity contribution in [2.45, 2.75) is 52.6 Å². The highest BCUT2D eigenvalue weighted by Crippen LogP contribution is 2.35. The lowest BCUT2D eigenvalue weighted by Gasteiger charge is -2.29. The average Bonchev–Trinajstić information content (AvgIpc) is 2.88. The fourth-order valence-corrected chi connectivity index (χ4v) is 2.87. The van der Waals surface area contributed by atoms with Gasteiger partial charge in [-0.1, -0.05) is 45.0 Å². The van der Waals surface area contributed by atoms with E-state index >= 15 is 0 Å². The molecule has 0 bridgehead atoms. The summed E-state index contributed by atoms with van der Waals surface area (Å²) in [5, 5.41) is 2.82. The molecule has 22 heavy (non-hydrogen) atoms. The van der Waals surface area contributed by atoms with Crippen molar-refractivity contribution in [2.24, 2.45) is 5.41 Å². The van der Waals surface area contributed by atoms with Gasteiger partial charge in [0.25, 0.3) is 0 Å². The SMILES string of the molecule is CC(NC(=O)C(C)(C)C)C(=O)N(C)C1CCc2ccccc21. The molecule has 1 N–H and O–H groups in total. The largest absolute Gasteiger partial charge is 0.344 e. The molecular weight excluding hydrogens is 276 g/mol. The zero-order chi connectivity index (χ0) is 16.5. The van der Waals surface area contributed by atoms with Gasteiger partial charge in [0.2, 0.25) is 11.8 Å². The van der Waals surface area contributed by atoms with Gasteiger partial charge >= 0.3 is 0 Å². The molecule has 0 radical (unpaired) electrons. The van der Waals surface area contributed by atoms with Crippen LogP contribution >= 0.6 is 0 Å². The van der Waals surface area contributed by atoms with Gasteiger partial charge in [0.1, 0.15) is 6.04 Å². The zero-order valence-corrected chi connectivity index (χ0v) is 14.1. The summed E-state index contributed by atoms with van der Waals surface area (Å²) in [4.78, 5) is 26.4. The number of likely N-dealkylation sites (N-methyl/N-ethyl adjacent to an activating group) is 1. The number of amides is 2. The molecule has 2 unspecified atom stereocenters. The maximum Gasteiger partial charge on any atom is 0.245 e. The molecule has 1 aliphatic rings. The third-order valence-electron chi connectivity index (χ3n) is 4.32. The van der Waals surface area contributed by atoms with E-state index in [1.165, 1.54) is 11.1 Å². The Balaban J connectivity index is 2.06. The first-order valence-electron chi connectivity index (χ1n) is 7.87. The summed E-state index contributed by atoms with van der Waals surface area (Å²) < 4.78 is 0.